The number of esters is 1. The average molecular weight is 345 g/mol. The number of amides is 1. The van der Waals surface area contributed by atoms with Crippen molar-refractivity contribution in [2.24, 2.45) is 16.1 Å². The molecule has 1 aromatic rings. The van der Waals surface area contributed by atoms with E-state index in [2.05, 4.69) is 14.9 Å². The smallest absolute Gasteiger partial charge is 0.331 e. The number of methoxy groups -OCH3 is 1. The Bertz CT molecular complexity index is 696. The highest BCUT2D eigenvalue weighted by molar-refractivity contribution is 8.18. The molecule has 0 atom stereocenters. The van der Waals surface area contributed by atoms with Crippen molar-refractivity contribution in [1.82, 2.24) is 4.90 Å². The molecule has 7 heteroatoms. The van der Waals surface area contributed by atoms with Gasteiger partial charge in [-0.05, 0) is 23.2 Å². The average Bonchev–Trinajstić information content (AvgIpc) is 2.84. The Morgan fingerprint density at radius 1 is 1.33 bits per heavy atom. The Morgan fingerprint density at radius 3 is 2.67 bits per heavy atom. The van der Waals surface area contributed by atoms with Crippen LogP contribution in [0.25, 0.3) is 0 Å². The van der Waals surface area contributed by atoms with E-state index in [1.807, 2.05) is 44.2 Å². The fraction of sp³-hybridized carbons (Fsp3) is 0.294. The van der Waals surface area contributed by atoms with Crippen molar-refractivity contribution >= 4 is 35.0 Å². The highest BCUT2D eigenvalue weighted by Gasteiger charge is 2.34. The molecule has 2 rings (SSSR count). The zero-order valence-corrected chi connectivity index (χ0v) is 14.6. The van der Waals surface area contributed by atoms with Crippen LogP contribution >= 0.6 is 11.8 Å². The molecule has 24 heavy (non-hydrogen) atoms. The number of carbonyl (C=O) groups is 2. The maximum absolute atomic E-state index is 12.6. The van der Waals surface area contributed by atoms with Crippen LogP contribution in [-0.2, 0) is 20.9 Å². The quantitative estimate of drug-likeness (QED) is 0.356. The summed E-state index contributed by atoms with van der Waals surface area (Å²) in [6, 6.07) is 9.57. The van der Waals surface area contributed by atoms with Crippen LogP contribution in [-0.4, -0.2) is 35.3 Å². The molecule has 0 aliphatic carbocycles. The van der Waals surface area contributed by atoms with Crippen LogP contribution in [0, 0.1) is 5.92 Å². The maximum atomic E-state index is 12.6. The number of benzene rings is 1. The van der Waals surface area contributed by atoms with E-state index < -0.39 is 5.97 Å². The number of amidine groups is 1. The Hall–Kier alpha value is -2.41. The summed E-state index contributed by atoms with van der Waals surface area (Å²) in [6.45, 7) is 4.34. The molecule has 1 aromatic carbocycles. The minimum atomic E-state index is -0.572. The maximum Gasteiger partial charge on any atom is 0.331 e. The Balaban J connectivity index is 2.29. The molecule has 1 amide bonds. The number of hydrogen-bond acceptors (Lipinski definition) is 6. The van der Waals surface area contributed by atoms with Gasteiger partial charge in [-0.25, -0.2) is 4.79 Å². The predicted molar refractivity (Wildman–Crippen MR) is 95.4 cm³/mol. The van der Waals surface area contributed by atoms with Crippen LogP contribution in [0.5, 0.6) is 0 Å². The number of carbonyl (C=O) groups excluding carboxylic acids is 2. The summed E-state index contributed by atoms with van der Waals surface area (Å²) in [5, 5.41) is 8.59. The highest BCUT2D eigenvalue weighted by atomic mass is 32.2. The molecule has 0 unspecified atom stereocenters. The first kappa shape index (κ1) is 17.9. The molecular weight excluding hydrogens is 326 g/mol. The van der Waals surface area contributed by atoms with E-state index >= 15 is 0 Å². The van der Waals surface area contributed by atoms with Gasteiger partial charge < -0.3 is 4.74 Å². The SMILES string of the molecule is COC(=O)/C=C1\S/C(=N\N=C\C(C)C)N(Cc2ccccc2)C1=O. The van der Waals surface area contributed by atoms with Gasteiger partial charge in [0.05, 0.1) is 18.6 Å². The van der Waals surface area contributed by atoms with Crippen molar-refractivity contribution in [2.75, 3.05) is 7.11 Å². The summed E-state index contributed by atoms with van der Waals surface area (Å²) in [5.41, 5.74) is 0.964. The topological polar surface area (TPSA) is 71.3 Å². The van der Waals surface area contributed by atoms with Crippen molar-refractivity contribution in [3.8, 4) is 0 Å². The zero-order valence-electron chi connectivity index (χ0n) is 13.8. The summed E-state index contributed by atoms with van der Waals surface area (Å²) in [6.07, 6.45) is 2.88. The van der Waals surface area contributed by atoms with Crippen molar-refractivity contribution in [2.45, 2.75) is 20.4 Å². The molecule has 0 spiro atoms. The van der Waals surface area contributed by atoms with Gasteiger partial charge in [0.1, 0.15) is 0 Å². The fourth-order valence-corrected chi connectivity index (χ4v) is 2.76. The normalized spacial score (nSPS) is 18.3. The third-order valence-corrected chi connectivity index (χ3v) is 4.03. The van der Waals surface area contributed by atoms with E-state index in [-0.39, 0.29) is 16.7 Å². The van der Waals surface area contributed by atoms with Crippen molar-refractivity contribution < 1.29 is 14.3 Å². The standard InChI is InChI=1S/C17H19N3O3S/c1-12(2)10-18-19-17-20(11-13-7-5-4-6-8-13)16(22)14(24-17)9-15(21)23-3/h4-10,12H,11H2,1-3H3/b14-9-,18-10+,19-17-. The summed E-state index contributed by atoms with van der Waals surface area (Å²) in [4.78, 5) is 25.8. The van der Waals surface area contributed by atoms with Crippen molar-refractivity contribution in [3.63, 3.8) is 0 Å². The molecule has 0 aromatic heterocycles. The second kappa shape index (κ2) is 8.44. The second-order valence-corrected chi connectivity index (χ2v) is 6.41. The summed E-state index contributed by atoms with van der Waals surface area (Å²) >= 11 is 1.11. The fourth-order valence-electron chi connectivity index (χ4n) is 1.87. The zero-order chi connectivity index (χ0) is 17.5. The van der Waals surface area contributed by atoms with Gasteiger partial charge in [0.15, 0.2) is 5.17 Å². The first-order valence-electron chi connectivity index (χ1n) is 7.45. The summed E-state index contributed by atoms with van der Waals surface area (Å²) < 4.78 is 4.59. The van der Waals surface area contributed by atoms with E-state index in [0.29, 0.717) is 11.7 Å². The van der Waals surface area contributed by atoms with Gasteiger partial charge in [0.2, 0.25) is 0 Å². The minimum absolute atomic E-state index is 0.254. The van der Waals surface area contributed by atoms with Crippen molar-refractivity contribution in [1.29, 1.82) is 0 Å². The third kappa shape index (κ3) is 4.79. The Kier molecular flexibility index (Phi) is 6.31. The summed E-state index contributed by atoms with van der Waals surface area (Å²) in [5.74, 6) is -0.602. The Morgan fingerprint density at radius 2 is 2.04 bits per heavy atom. The van der Waals surface area contributed by atoms with Gasteiger partial charge in [-0.1, -0.05) is 44.2 Å². The minimum Gasteiger partial charge on any atom is -0.466 e. The molecule has 1 heterocycles. The Labute approximate surface area is 145 Å². The van der Waals surface area contributed by atoms with Gasteiger partial charge in [0.25, 0.3) is 5.91 Å². The lowest BCUT2D eigenvalue weighted by molar-refractivity contribution is -0.135. The lowest BCUT2D eigenvalue weighted by atomic mass is 10.2. The largest absolute Gasteiger partial charge is 0.466 e. The number of thioether (sulfide) groups is 1. The van der Waals surface area contributed by atoms with Crippen LogP contribution in [0.4, 0.5) is 0 Å². The first-order chi connectivity index (χ1) is 11.5. The number of ether oxygens (including phenoxy) is 1. The molecule has 6 nitrogen and oxygen atoms in total. The van der Waals surface area contributed by atoms with Crippen LogP contribution in [0.1, 0.15) is 19.4 Å². The molecule has 1 aliphatic heterocycles. The van der Waals surface area contributed by atoms with Gasteiger partial charge in [-0.15, -0.1) is 5.10 Å². The molecule has 0 N–H and O–H groups in total. The molecule has 126 valence electrons. The van der Waals surface area contributed by atoms with Gasteiger partial charge in [0, 0.05) is 12.3 Å². The van der Waals surface area contributed by atoms with E-state index in [1.165, 1.54) is 18.1 Å². The van der Waals surface area contributed by atoms with Gasteiger partial charge >= 0.3 is 5.97 Å². The molecule has 0 bridgehead atoms. The molecular formula is C17H19N3O3S. The van der Waals surface area contributed by atoms with E-state index in [0.717, 1.165) is 17.3 Å². The van der Waals surface area contributed by atoms with E-state index in [4.69, 9.17) is 0 Å². The van der Waals surface area contributed by atoms with Crippen molar-refractivity contribution in [3.05, 3.63) is 46.9 Å². The van der Waals surface area contributed by atoms with Crippen LogP contribution < -0.4 is 0 Å². The first-order valence-corrected chi connectivity index (χ1v) is 8.27. The number of nitrogens with zero attached hydrogens (tertiary/aromatic N) is 3. The third-order valence-electron chi connectivity index (χ3n) is 3.03. The van der Waals surface area contributed by atoms with Crippen LogP contribution in [0.3, 0.4) is 0 Å². The van der Waals surface area contributed by atoms with Crippen LogP contribution in [0.15, 0.2) is 51.5 Å². The molecule has 0 saturated carbocycles. The predicted octanol–water partition coefficient (Wildman–Crippen LogP) is 2.82. The summed E-state index contributed by atoms with van der Waals surface area (Å²) in [7, 11) is 1.27. The number of rotatable bonds is 5. The van der Waals surface area contributed by atoms with Gasteiger partial charge in [-0.3, -0.25) is 9.69 Å². The monoisotopic (exact) mass is 345 g/mol. The molecule has 1 aliphatic rings. The van der Waals surface area contributed by atoms with Crippen LogP contribution in [0.2, 0.25) is 0 Å². The molecule has 1 fully saturated rings. The van der Waals surface area contributed by atoms with E-state index in [1.54, 1.807) is 6.21 Å². The lowest BCUT2D eigenvalue weighted by Gasteiger charge is -2.14. The second-order valence-electron chi connectivity index (χ2n) is 5.40. The number of hydrogen-bond donors (Lipinski definition) is 0. The highest BCUT2D eigenvalue weighted by Crippen LogP contribution is 2.32. The lowest BCUT2D eigenvalue weighted by Crippen LogP contribution is -2.28. The van der Waals surface area contributed by atoms with E-state index in [9.17, 15) is 9.59 Å². The van der Waals surface area contributed by atoms with Gasteiger partial charge in [-0.2, -0.15) is 5.10 Å². The molecule has 0 radical (unpaired) electrons. The molecule has 1 saturated heterocycles.